The van der Waals surface area contributed by atoms with Crippen molar-refractivity contribution in [3.63, 3.8) is 0 Å². The van der Waals surface area contributed by atoms with E-state index in [1.54, 1.807) is 40.0 Å². The number of amides is 1. The Kier molecular flexibility index (Phi) is 8.11. The molecule has 1 aliphatic heterocycles. The number of nitrogen functional groups attached to an aromatic ring is 1. The van der Waals surface area contributed by atoms with Gasteiger partial charge in [0.1, 0.15) is 17.2 Å². The number of aromatic nitrogens is 2. The molecule has 1 saturated heterocycles. The van der Waals surface area contributed by atoms with Gasteiger partial charge in [-0.1, -0.05) is 12.1 Å². The molecule has 11 heteroatoms. The maximum atomic E-state index is 12.6. The third-order valence-electron chi connectivity index (χ3n) is 4.99. The number of methoxy groups -OCH3 is 1. The standard InChI is InChI=1S/C23H31N5O6/c1-23(2,3)34-22(30)32-18-13-25-17(11-14-5-8-16(31-4)9-6-14)20(18)33-21(29)26-12-15-7-10-19(24)28-27-15/h5-10,17-18,20,25H,11-13H2,1-4H3,(H2,24,28)(H,26,29)/t17-,18+,20+/m1/s1. The minimum absolute atomic E-state index is 0.104. The van der Waals surface area contributed by atoms with Gasteiger partial charge in [-0.3, -0.25) is 0 Å². The van der Waals surface area contributed by atoms with Gasteiger partial charge in [-0.05, 0) is 57.0 Å². The average Bonchev–Trinajstić information content (AvgIpc) is 3.13. The van der Waals surface area contributed by atoms with Gasteiger partial charge in [0.25, 0.3) is 0 Å². The Morgan fingerprint density at radius 1 is 1.12 bits per heavy atom. The van der Waals surface area contributed by atoms with Crippen LogP contribution in [0.15, 0.2) is 36.4 Å². The van der Waals surface area contributed by atoms with E-state index in [1.165, 1.54) is 0 Å². The second-order valence-electron chi connectivity index (χ2n) is 8.86. The van der Waals surface area contributed by atoms with Crippen molar-refractivity contribution in [1.82, 2.24) is 20.8 Å². The zero-order valence-electron chi connectivity index (χ0n) is 19.7. The second kappa shape index (κ2) is 11.0. The van der Waals surface area contributed by atoms with Gasteiger partial charge in [0, 0.05) is 6.54 Å². The number of hydrogen-bond acceptors (Lipinski definition) is 10. The van der Waals surface area contributed by atoms with E-state index < -0.39 is 30.1 Å². The van der Waals surface area contributed by atoms with E-state index in [2.05, 4.69) is 20.8 Å². The van der Waals surface area contributed by atoms with Crippen molar-refractivity contribution < 1.29 is 28.5 Å². The van der Waals surface area contributed by atoms with E-state index in [1.807, 2.05) is 24.3 Å². The molecule has 0 aliphatic carbocycles. The maximum Gasteiger partial charge on any atom is 0.509 e. The van der Waals surface area contributed by atoms with Gasteiger partial charge < -0.3 is 35.3 Å². The molecule has 34 heavy (non-hydrogen) atoms. The normalized spacial score (nSPS) is 19.8. The Morgan fingerprint density at radius 2 is 1.85 bits per heavy atom. The van der Waals surface area contributed by atoms with Crippen molar-refractivity contribution in [2.24, 2.45) is 0 Å². The predicted molar refractivity (Wildman–Crippen MR) is 123 cm³/mol. The van der Waals surface area contributed by atoms with E-state index in [0.717, 1.165) is 11.3 Å². The summed E-state index contributed by atoms with van der Waals surface area (Å²) >= 11 is 0. The second-order valence-corrected chi connectivity index (χ2v) is 8.86. The fourth-order valence-corrected chi connectivity index (χ4v) is 3.42. The third-order valence-corrected chi connectivity index (χ3v) is 4.99. The summed E-state index contributed by atoms with van der Waals surface area (Å²) in [5, 5.41) is 13.6. The number of nitrogens with one attached hydrogen (secondary N) is 2. The third kappa shape index (κ3) is 7.48. The molecule has 0 bridgehead atoms. The van der Waals surface area contributed by atoms with Crippen molar-refractivity contribution in [3.8, 4) is 5.75 Å². The lowest BCUT2D eigenvalue weighted by atomic mass is 10.0. The monoisotopic (exact) mass is 473 g/mol. The average molecular weight is 474 g/mol. The molecular formula is C23H31N5O6. The maximum absolute atomic E-state index is 12.6. The van der Waals surface area contributed by atoms with Gasteiger partial charge in [-0.25, -0.2) is 9.59 Å². The van der Waals surface area contributed by atoms with Gasteiger partial charge in [0.15, 0.2) is 12.2 Å². The van der Waals surface area contributed by atoms with Crippen LogP contribution in [0.4, 0.5) is 15.4 Å². The lowest BCUT2D eigenvalue weighted by molar-refractivity contribution is -0.0518. The number of anilines is 1. The molecule has 1 aromatic carbocycles. The van der Waals surface area contributed by atoms with Gasteiger partial charge in [-0.2, -0.15) is 5.10 Å². The van der Waals surface area contributed by atoms with E-state index in [-0.39, 0.29) is 18.4 Å². The van der Waals surface area contributed by atoms with Gasteiger partial charge in [0.2, 0.25) is 0 Å². The van der Waals surface area contributed by atoms with Crippen molar-refractivity contribution in [3.05, 3.63) is 47.7 Å². The summed E-state index contributed by atoms with van der Waals surface area (Å²) in [6.45, 7) is 5.65. The predicted octanol–water partition coefficient (Wildman–Crippen LogP) is 2.20. The summed E-state index contributed by atoms with van der Waals surface area (Å²) in [7, 11) is 1.60. The Hall–Kier alpha value is -3.60. The number of nitrogens with two attached hydrogens (primary N) is 1. The van der Waals surface area contributed by atoms with Crippen molar-refractivity contribution in [1.29, 1.82) is 0 Å². The summed E-state index contributed by atoms with van der Waals surface area (Å²) in [5.74, 6) is 1.03. The van der Waals surface area contributed by atoms with E-state index in [0.29, 0.717) is 18.7 Å². The van der Waals surface area contributed by atoms with Gasteiger partial charge in [-0.15, -0.1) is 5.10 Å². The molecule has 4 N–H and O–H groups in total. The quantitative estimate of drug-likeness (QED) is 0.511. The molecule has 1 fully saturated rings. The number of carbonyl (C=O) groups excluding carboxylic acids is 2. The molecule has 3 rings (SSSR count). The first-order valence-electron chi connectivity index (χ1n) is 10.9. The van der Waals surface area contributed by atoms with E-state index in [4.69, 9.17) is 24.7 Å². The number of benzene rings is 1. The summed E-state index contributed by atoms with van der Waals surface area (Å²) in [6, 6.07) is 10.5. The molecule has 2 aromatic rings. The fourth-order valence-electron chi connectivity index (χ4n) is 3.42. The Labute approximate surface area is 198 Å². The summed E-state index contributed by atoms with van der Waals surface area (Å²) in [6.07, 6.45) is -2.42. The molecule has 1 aliphatic rings. The van der Waals surface area contributed by atoms with Crippen LogP contribution in [0.5, 0.6) is 5.75 Å². The summed E-state index contributed by atoms with van der Waals surface area (Å²) in [5.41, 5.74) is 6.34. The fraction of sp³-hybridized carbons (Fsp3) is 0.478. The molecule has 2 heterocycles. The Balaban J connectivity index is 1.66. The number of alkyl carbamates (subject to hydrolysis) is 1. The van der Waals surface area contributed by atoms with Crippen LogP contribution in [0.2, 0.25) is 0 Å². The van der Waals surface area contributed by atoms with Crippen LogP contribution >= 0.6 is 0 Å². The largest absolute Gasteiger partial charge is 0.509 e. The van der Waals surface area contributed by atoms with E-state index in [9.17, 15) is 9.59 Å². The number of hydrogen-bond donors (Lipinski definition) is 3. The molecule has 184 valence electrons. The van der Waals surface area contributed by atoms with Crippen molar-refractivity contribution >= 4 is 18.1 Å². The van der Waals surface area contributed by atoms with Crippen LogP contribution in [0.1, 0.15) is 32.0 Å². The number of ether oxygens (including phenoxy) is 4. The molecule has 11 nitrogen and oxygen atoms in total. The zero-order chi connectivity index (χ0) is 24.7. The lowest BCUT2D eigenvalue weighted by Crippen LogP contribution is -2.43. The lowest BCUT2D eigenvalue weighted by Gasteiger charge is -2.26. The SMILES string of the molecule is COc1ccc(C[C@H]2NC[C@H](OC(=O)OC(C)(C)C)[C@H]2OC(=O)NCc2ccc(N)nn2)cc1. The molecular weight excluding hydrogens is 442 g/mol. The van der Waals surface area contributed by atoms with Gasteiger partial charge in [0.05, 0.1) is 25.4 Å². The molecule has 0 unspecified atom stereocenters. The first kappa shape index (κ1) is 25.0. The highest BCUT2D eigenvalue weighted by Gasteiger charge is 2.42. The van der Waals surface area contributed by atoms with Crippen LogP contribution < -0.4 is 21.1 Å². The summed E-state index contributed by atoms with van der Waals surface area (Å²) < 4.78 is 21.6. The van der Waals surface area contributed by atoms with Crippen LogP contribution in [-0.2, 0) is 27.2 Å². The Morgan fingerprint density at radius 3 is 2.47 bits per heavy atom. The van der Waals surface area contributed by atoms with Crippen LogP contribution in [0.3, 0.4) is 0 Å². The minimum Gasteiger partial charge on any atom is -0.497 e. The highest BCUT2D eigenvalue weighted by molar-refractivity contribution is 5.67. The first-order valence-corrected chi connectivity index (χ1v) is 10.9. The van der Waals surface area contributed by atoms with Crippen molar-refractivity contribution in [2.75, 3.05) is 19.4 Å². The summed E-state index contributed by atoms with van der Waals surface area (Å²) in [4.78, 5) is 24.8. The molecule has 1 aromatic heterocycles. The molecule has 0 spiro atoms. The molecule has 0 radical (unpaired) electrons. The van der Waals surface area contributed by atoms with Crippen LogP contribution in [0.25, 0.3) is 0 Å². The zero-order valence-corrected chi connectivity index (χ0v) is 19.7. The topological polar surface area (TPSA) is 147 Å². The number of rotatable bonds is 7. The number of nitrogens with zero attached hydrogens (tertiary/aromatic N) is 2. The molecule has 1 amide bonds. The highest BCUT2D eigenvalue weighted by atomic mass is 16.7. The van der Waals surface area contributed by atoms with Crippen LogP contribution in [-0.4, -0.2) is 60.0 Å². The van der Waals surface area contributed by atoms with Crippen molar-refractivity contribution in [2.45, 2.75) is 57.6 Å². The highest BCUT2D eigenvalue weighted by Crippen LogP contribution is 2.22. The van der Waals surface area contributed by atoms with Crippen LogP contribution in [0, 0.1) is 0 Å². The number of carbonyl (C=O) groups is 2. The molecule has 3 atom stereocenters. The minimum atomic E-state index is -0.824. The smallest absolute Gasteiger partial charge is 0.497 e. The van der Waals surface area contributed by atoms with E-state index >= 15 is 0 Å². The first-order chi connectivity index (χ1) is 16.1. The molecule has 0 saturated carbocycles. The van der Waals surface area contributed by atoms with Gasteiger partial charge >= 0.3 is 12.2 Å². The Bertz CT molecular complexity index is 961.